The molecule has 10 nitrogen and oxygen atoms in total. The molecule has 224 valence electrons. The summed E-state index contributed by atoms with van der Waals surface area (Å²) < 4.78 is 3.78. The molecule has 0 atom stereocenters. The summed E-state index contributed by atoms with van der Waals surface area (Å²) in [5.41, 5.74) is 7.92. The summed E-state index contributed by atoms with van der Waals surface area (Å²) in [4.78, 5) is 38.3. The molecule has 3 N–H and O–H groups in total. The minimum absolute atomic E-state index is 0.248. The van der Waals surface area contributed by atoms with Crippen LogP contribution in [0.25, 0.3) is 11.1 Å². The molecular weight excluding hydrogens is 564 g/mol. The summed E-state index contributed by atoms with van der Waals surface area (Å²) in [7, 11) is 5.84. The maximum absolute atomic E-state index is 13.5. The lowest BCUT2D eigenvalue weighted by atomic mass is 9.94. The SMILES string of the molecule is CCCc1c(NC(=O)c2nc3c(n2C)CCNC3)cccc1-c1cccc(NC(=O)c2nc3c(n2C)CCN(C)C3)c1Cl. The first-order valence-corrected chi connectivity index (χ1v) is 15.2. The fourth-order valence-corrected chi connectivity index (χ4v) is 6.46. The average Bonchev–Trinajstić information content (AvgIpc) is 3.51. The van der Waals surface area contributed by atoms with E-state index in [1.807, 2.05) is 53.6 Å². The number of fused-ring (bicyclic) bond motifs is 2. The summed E-state index contributed by atoms with van der Waals surface area (Å²) in [6.45, 7) is 5.29. The number of imidazole rings is 2. The van der Waals surface area contributed by atoms with E-state index in [2.05, 4.69) is 44.8 Å². The Hall–Kier alpha value is -3.99. The Morgan fingerprint density at radius 3 is 2.21 bits per heavy atom. The van der Waals surface area contributed by atoms with Crippen LogP contribution in [0.3, 0.4) is 0 Å². The molecule has 0 fully saturated rings. The number of rotatable bonds is 7. The van der Waals surface area contributed by atoms with Gasteiger partial charge in [0.25, 0.3) is 11.8 Å². The van der Waals surface area contributed by atoms with Gasteiger partial charge in [0.1, 0.15) is 0 Å². The van der Waals surface area contributed by atoms with Crippen molar-refractivity contribution in [2.75, 3.05) is 30.8 Å². The van der Waals surface area contributed by atoms with E-state index in [1.165, 1.54) is 0 Å². The molecule has 0 radical (unpaired) electrons. The molecule has 0 unspecified atom stereocenters. The predicted octanol–water partition coefficient (Wildman–Crippen LogP) is 4.56. The third-order valence-corrected chi connectivity index (χ3v) is 8.85. The lowest BCUT2D eigenvalue weighted by Crippen LogP contribution is -2.27. The van der Waals surface area contributed by atoms with E-state index in [0.29, 0.717) is 28.9 Å². The molecular formula is C32H37ClN8O2. The van der Waals surface area contributed by atoms with E-state index in [9.17, 15) is 9.59 Å². The number of carbonyl (C=O) groups excluding carboxylic acids is 2. The molecule has 0 aliphatic carbocycles. The van der Waals surface area contributed by atoms with Gasteiger partial charge in [0, 0.05) is 75.8 Å². The van der Waals surface area contributed by atoms with Crippen molar-refractivity contribution >= 4 is 34.8 Å². The normalized spacial score (nSPS) is 14.7. The van der Waals surface area contributed by atoms with Crippen molar-refractivity contribution in [1.82, 2.24) is 29.3 Å². The van der Waals surface area contributed by atoms with Crippen molar-refractivity contribution in [3.63, 3.8) is 0 Å². The van der Waals surface area contributed by atoms with E-state index in [4.69, 9.17) is 11.6 Å². The van der Waals surface area contributed by atoms with Gasteiger partial charge in [-0.3, -0.25) is 9.59 Å². The van der Waals surface area contributed by atoms with Gasteiger partial charge >= 0.3 is 0 Å². The van der Waals surface area contributed by atoms with Crippen molar-refractivity contribution in [2.45, 2.75) is 45.7 Å². The van der Waals surface area contributed by atoms with Crippen LogP contribution in [0.5, 0.6) is 0 Å². The second-order valence-electron chi connectivity index (χ2n) is 11.3. The number of nitrogens with zero attached hydrogens (tertiary/aromatic N) is 5. The van der Waals surface area contributed by atoms with E-state index >= 15 is 0 Å². The fraction of sp³-hybridized carbons (Fsp3) is 0.375. The second kappa shape index (κ2) is 11.9. The van der Waals surface area contributed by atoms with Gasteiger partial charge in [0.2, 0.25) is 0 Å². The first kappa shape index (κ1) is 29.1. The van der Waals surface area contributed by atoms with Crippen molar-refractivity contribution in [3.8, 4) is 11.1 Å². The van der Waals surface area contributed by atoms with E-state index < -0.39 is 0 Å². The minimum atomic E-state index is -0.304. The summed E-state index contributed by atoms with van der Waals surface area (Å²) in [5.74, 6) is 0.209. The Balaban J connectivity index is 1.29. The smallest absolute Gasteiger partial charge is 0.291 e. The molecule has 2 amide bonds. The highest BCUT2D eigenvalue weighted by Crippen LogP contribution is 2.38. The molecule has 0 spiro atoms. The number of hydrogen-bond donors (Lipinski definition) is 3. The molecule has 4 heterocycles. The van der Waals surface area contributed by atoms with Gasteiger partial charge in [0.15, 0.2) is 11.6 Å². The molecule has 11 heteroatoms. The zero-order valence-corrected chi connectivity index (χ0v) is 25.8. The van der Waals surface area contributed by atoms with E-state index in [1.54, 1.807) is 6.07 Å². The van der Waals surface area contributed by atoms with Crippen LogP contribution in [-0.4, -0.2) is 56.0 Å². The van der Waals surface area contributed by atoms with Crippen LogP contribution < -0.4 is 16.0 Å². The Kier molecular flexibility index (Phi) is 8.09. The zero-order chi connectivity index (χ0) is 30.2. The van der Waals surface area contributed by atoms with Gasteiger partial charge in [-0.05, 0) is 36.7 Å². The van der Waals surface area contributed by atoms with Gasteiger partial charge in [-0.15, -0.1) is 0 Å². The lowest BCUT2D eigenvalue weighted by Gasteiger charge is -2.21. The molecule has 2 aromatic heterocycles. The van der Waals surface area contributed by atoms with Crippen LogP contribution in [0.2, 0.25) is 5.02 Å². The van der Waals surface area contributed by atoms with Crippen molar-refractivity contribution in [2.24, 2.45) is 14.1 Å². The third-order valence-electron chi connectivity index (χ3n) is 8.44. The number of anilines is 2. The minimum Gasteiger partial charge on any atom is -0.327 e. The molecule has 6 rings (SSSR count). The second-order valence-corrected chi connectivity index (χ2v) is 11.7. The van der Waals surface area contributed by atoms with Crippen molar-refractivity contribution in [1.29, 1.82) is 0 Å². The number of carbonyl (C=O) groups is 2. The number of benzene rings is 2. The fourth-order valence-electron chi connectivity index (χ4n) is 6.19. The van der Waals surface area contributed by atoms with Gasteiger partial charge in [-0.25, -0.2) is 9.97 Å². The standard InChI is InChI=1S/C32H37ClN8O2/c1-5-8-20-19(9-6-11-22(20)37-31(42)29-35-24-17-34-15-13-26(24)40(29)3)21-10-7-12-23(28(21)33)38-32(43)30-36-25-18-39(2)16-14-27(25)41(30)4/h6-7,9-12,34H,5,8,13-18H2,1-4H3,(H,37,42)(H,38,43). The number of amides is 2. The van der Waals surface area contributed by atoms with Crippen LogP contribution >= 0.6 is 11.6 Å². The average molecular weight is 601 g/mol. The molecule has 0 bridgehead atoms. The van der Waals surface area contributed by atoms with E-state index in [0.717, 1.165) is 90.5 Å². The Labute approximate surface area is 256 Å². The van der Waals surface area contributed by atoms with Gasteiger partial charge < -0.3 is 30.0 Å². The Morgan fingerprint density at radius 2 is 1.51 bits per heavy atom. The monoisotopic (exact) mass is 600 g/mol. The van der Waals surface area contributed by atoms with Crippen LogP contribution in [0, 0.1) is 0 Å². The number of aromatic nitrogens is 4. The van der Waals surface area contributed by atoms with Crippen molar-refractivity contribution in [3.05, 3.63) is 81.4 Å². The van der Waals surface area contributed by atoms with Crippen LogP contribution in [0.4, 0.5) is 11.4 Å². The molecule has 0 saturated heterocycles. The molecule has 43 heavy (non-hydrogen) atoms. The highest BCUT2D eigenvalue weighted by atomic mass is 35.5. The van der Waals surface area contributed by atoms with Crippen LogP contribution in [-0.2, 0) is 46.4 Å². The number of likely N-dealkylation sites (N-methyl/N-ethyl adjacent to an activating group) is 1. The quantitative estimate of drug-likeness (QED) is 0.287. The maximum Gasteiger partial charge on any atom is 0.291 e. The Bertz CT molecular complexity index is 1720. The highest BCUT2D eigenvalue weighted by molar-refractivity contribution is 6.36. The predicted molar refractivity (Wildman–Crippen MR) is 169 cm³/mol. The van der Waals surface area contributed by atoms with Crippen LogP contribution in [0.15, 0.2) is 36.4 Å². The number of nitrogens with one attached hydrogen (secondary N) is 3. The molecule has 2 aliphatic heterocycles. The summed E-state index contributed by atoms with van der Waals surface area (Å²) in [6.07, 6.45) is 3.29. The molecule has 2 aliphatic rings. The molecule has 4 aromatic rings. The maximum atomic E-state index is 13.5. The van der Waals surface area contributed by atoms with Crippen LogP contribution in [0.1, 0.15) is 62.9 Å². The van der Waals surface area contributed by atoms with Crippen molar-refractivity contribution < 1.29 is 9.59 Å². The van der Waals surface area contributed by atoms with Gasteiger partial charge in [0.05, 0.1) is 22.1 Å². The van der Waals surface area contributed by atoms with Gasteiger partial charge in [-0.2, -0.15) is 0 Å². The zero-order valence-electron chi connectivity index (χ0n) is 25.1. The largest absolute Gasteiger partial charge is 0.327 e. The summed E-state index contributed by atoms with van der Waals surface area (Å²) in [5, 5.41) is 9.86. The lowest BCUT2D eigenvalue weighted by molar-refractivity contribution is 0.100. The van der Waals surface area contributed by atoms with Gasteiger partial charge in [-0.1, -0.05) is 49.2 Å². The molecule has 2 aromatic carbocycles. The Morgan fingerprint density at radius 1 is 0.884 bits per heavy atom. The highest BCUT2D eigenvalue weighted by Gasteiger charge is 2.26. The number of hydrogen-bond acceptors (Lipinski definition) is 6. The number of halogens is 1. The first-order valence-electron chi connectivity index (χ1n) is 14.8. The summed E-state index contributed by atoms with van der Waals surface area (Å²) in [6, 6.07) is 11.4. The third kappa shape index (κ3) is 5.46. The first-order chi connectivity index (χ1) is 20.8. The molecule has 0 saturated carbocycles. The summed E-state index contributed by atoms with van der Waals surface area (Å²) >= 11 is 6.98. The topological polar surface area (TPSA) is 109 Å². The van der Waals surface area contributed by atoms with E-state index in [-0.39, 0.29) is 11.8 Å².